The number of hydrogen-bond donors (Lipinski definition) is 0. The minimum Gasteiger partial charge on any atom is -0.291 e. The molecule has 19 heavy (non-hydrogen) atoms. The standard InChI is InChI=1S/C15H24N4/c1-4-14-11-15(19(17-14)12(2)3)13-5-8-18(9-6-13)10-7-16/h11-13H,4-6,8-10H2,1-3H3. The first-order valence-corrected chi connectivity index (χ1v) is 7.33. The summed E-state index contributed by atoms with van der Waals surface area (Å²) in [5.41, 5.74) is 2.59. The number of rotatable bonds is 4. The first-order valence-electron chi connectivity index (χ1n) is 7.33. The molecule has 1 aliphatic rings. The predicted molar refractivity (Wildman–Crippen MR) is 76.0 cm³/mol. The normalized spacial score (nSPS) is 17.8. The second-order valence-electron chi connectivity index (χ2n) is 5.66. The molecule has 1 aromatic heterocycles. The number of piperidine rings is 1. The Morgan fingerprint density at radius 3 is 2.63 bits per heavy atom. The highest BCUT2D eigenvalue weighted by Gasteiger charge is 2.24. The molecule has 1 aliphatic heterocycles. The molecule has 0 saturated carbocycles. The van der Waals surface area contributed by atoms with E-state index in [9.17, 15) is 0 Å². The van der Waals surface area contributed by atoms with Gasteiger partial charge in [0, 0.05) is 17.7 Å². The van der Waals surface area contributed by atoms with Crippen LogP contribution in [-0.4, -0.2) is 34.3 Å². The van der Waals surface area contributed by atoms with Crippen LogP contribution >= 0.6 is 0 Å². The molecule has 0 N–H and O–H groups in total. The summed E-state index contributed by atoms with van der Waals surface area (Å²) in [6.07, 6.45) is 3.28. The van der Waals surface area contributed by atoms with Crippen LogP contribution in [0.5, 0.6) is 0 Å². The Bertz CT molecular complexity index is 447. The lowest BCUT2D eigenvalue weighted by Crippen LogP contribution is -2.33. The van der Waals surface area contributed by atoms with Gasteiger partial charge in [-0.3, -0.25) is 9.58 Å². The predicted octanol–water partition coefficient (Wildman–Crippen LogP) is 2.73. The summed E-state index contributed by atoms with van der Waals surface area (Å²) in [5.74, 6) is 0.602. The zero-order valence-electron chi connectivity index (χ0n) is 12.3. The maximum absolute atomic E-state index is 8.75. The minimum absolute atomic E-state index is 0.424. The number of nitriles is 1. The number of likely N-dealkylation sites (tertiary alicyclic amines) is 1. The van der Waals surface area contributed by atoms with Crippen molar-refractivity contribution in [1.82, 2.24) is 14.7 Å². The van der Waals surface area contributed by atoms with Crippen molar-refractivity contribution in [2.45, 2.75) is 52.0 Å². The number of aromatic nitrogens is 2. The van der Waals surface area contributed by atoms with E-state index in [0.717, 1.165) is 32.4 Å². The molecule has 0 atom stereocenters. The smallest absolute Gasteiger partial charge is 0.0865 e. The van der Waals surface area contributed by atoms with E-state index in [0.29, 0.717) is 18.5 Å². The van der Waals surface area contributed by atoms with Gasteiger partial charge in [-0.1, -0.05) is 6.92 Å². The van der Waals surface area contributed by atoms with Crippen molar-refractivity contribution in [3.05, 3.63) is 17.5 Å². The van der Waals surface area contributed by atoms with Gasteiger partial charge in [-0.25, -0.2) is 0 Å². The minimum atomic E-state index is 0.424. The van der Waals surface area contributed by atoms with Crippen LogP contribution in [-0.2, 0) is 6.42 Å². The molecule has 1 saturated heterocycles. The van der Waals surface area contributed by atoms with Crippen molar-refractivity contribution in [2.24, 2.45) is 0 Å². The second kappa shape index (κ2) is 6.21. The monoisotopic (exact) mass is 260 g/mol. The van der Waals surface area contributed by atoms with Gasteiger partial charge in [0.05, 0.1) is 18.3 Å². The highest BCUT2D eigenvalue weighted by Crippen LogP contribution is 2.30. The molecule has 2 heterocycles. The maximum Gasteiger partial charge on any atom is 0.0865 e. The molecule has 4 nitrogen and oxygen atoms in total. The molecule has 0 unspecified atom stereocenters. The van der Waals surface area contributed by atoms with Gasteiger partial charge in [-0.15, -0.1) is 0 Å². The summed E-state index contributed by atoms with van der Waals surface area (Å²) in [4.78, 5) is 2.24. The Kier molecular flexibility index (Phi) is 4.60. The fourth-order valence-electron chi connectivity index (χ4n) is 2.84. The Labute approximate surface area is 116 Å². The van der Waals surface area contributed by atoms with Crippen LogP contribution in [0.2, 0.25) is 0 Å². The third-order valence-corrected chi connectivity index (χ3v) is 3.97. The molecule has 104 valence electrons. The van der Waals surface area contributed by atoms with Crippen molar-refractivity contribution in [2.75, 3.05) is 19.6 Å². The van der Waals surface area contributed by atoms with Crippen LogP contribution in [0.15, 0.2) is 6.07 Å². The van der Waals surface area contributed by atoms with E-state index in [1.54, 1.807) is 0 Å². The number of nitrogens with zero attached hydrogens (tertiary/aromatic N) is 4. The molecular weight excluding hydrogens is 236 g/mol. The summed E-state index contributed by atoms with van der Waals surface area (Å²) in [7, 11) is 0. The maximum atomic E-state index is 8.75. The van der Waals surface area contributed by atoms with Crippen molar-refractivity contribution in [3.63, 3.8) is 0 Å². The van der Waals surface area contributed by atoms with Crippen LogP contribution < -0.4 is 0 Å². The number of hydrogen-bond acceptors (Lipinski definition) is 3. The third kappa shape index (κ3) is 3.16. The van der Waals surface area contributed by atoms with E-state index < -0.39 is 0 Å². The Balaban J connectivity index is 2.10. The first-order chi connectivity index (χ1) is 9.15. The number of aryl methyl sites for hydroxylation is 1. The van der Waals surface area contributed by atoms with E-state index >= 15 is 0 Å². The molecule has 1 fully saturated rings. The molecule has 0 bridgehead atoms. The fraction of sp³-hybridized carbons (Fsp3) is 0.733. The van der Waals surface area contributed by atoms with Crippen molar-refractivity contribution < 1.29 is 0 Å². The summed E-state index contributed by atoms with van der Waals surface area (Å²) >= 11 is 0. The van der Waals surface area contributed by atoms with E-state index in [4.69, 9.17) is 10.4 Å². The second-order valence-corrected chi connectivity index (χ2v) is 5.66. The quantitative estimate of drug-likeness (QED) is 0.782. The van der Waals surface area contributed by atoms with E-state index in [-0.39, 0.29) is 0 Å². The summed E-state index contributed by atoms with van der Waals surface area (Å²) in [5, 5.41) is 13.5. The van der Waals surface area contributed by atoms with Gasteiger partial charge in [0.2, 0.25) is 0 Å². The summed E-state index contributed by atoms with van der Waals surface area (Å²) < 4.78 is 2.20. The van der Waals surface area contributed by atoms with Crippen LogP contribution in [0, 0.1) is 11.3 Å². The van der Waals surface area contributed by atoms with Crippen LogP contribution in [0.4, 0.5) is 0 Å². The highest BCUT2D eigenvalue weighted by atomic mass is 15.3. The fourth-order valence-corrected chi connectivity index (χ4v) is 2.84. The molecule has 0 aromatic carbocycles. The molecule has 2 rings (SSSR count). The zero-order valence-corrected chi connectivity index (χ0v) is 12.3. The van der Waals surface area contributed by atoms with Gasteiger partial charge < -0.3 is 0 Å². The van der Waals surface area contributed by atoms with E-state index in [1.165, 1.54) is 11.4 Å². The van der Waals surface area contributed by atoms with Crippen molar-refractivity contribution >= 4 is 0 Å². The van der Waals surface area contributed by atoms with Crippen LogP contribution in [0.25, 0.3) is 0 Å². The average molecular weight is 260 g/mol. The molecule has 4 heteroatoms. The van der Waals surface area contributed by atoms with Gasteiger partial charge in [0.1, 0.15) is 0 Å². The topological polar surface area (TPSA) is 44.9 Å². The molecule has 0 aliphatic carbocycles. The summed E-state index contributed by atoms with van der Waals surface area (Å²) in [6, 6.07) is 4.95. The van der Waals surface area contributed by atoms with Crippen molar-refractivity contribution in [1.29, 1.82) is 5.26 Å². The Morgan fingerprint density at radius 1 is 1.42 bits per heavy atom. The van der Waals surface area contributed by atoms with Gasteiger partial charge in [-0.05, 0) is 52.3 Å². The molecule has 0 amide bonds. The Morgan fingerprint density at radius 2 is 2.11 bits per heavy atom. The average Bonchev–Trinajstić information content (AvgIpc) is 2.84. The van der Waals surface area contributed by atoms with Gasteiger partial charge in [0.25, 0.3) is 0 Å². The third-order valence-electron chi connectivity index (χ3n) is 3.97. The molecule has 0 radical (unpaired) electrons. The summed E-state index contributed by atoms with van der Waals surface area (Å²) in [6.45, 7) is 9.18. The van der Waals surface area contributed by atoms with Gasteiger partial charge in [-0.2, -0.15) is 10.4 Å². The SMILES string of the molecule is CCc1cc(C2CCN(CC#N)CC2)n(C(C)C)n1. The largest absolute Gasteiger partial charge is 0.291 e. The molecular formula is C15H24N4. The van der Waals surface area contributed by atoms with E-state index in [2.05, 4.69) is 42.5 Å². The molecule has 0 spiro atoms. The zero-order chi connectivity index (χ0) is 13.8. The van der Waals surface area contributed by atoms with E-state index in [1.807, 2.05) is 0 Å². The molecule has 1 aromatic rings. The van der Waals surface area contributed by atoms with Crippen LogP contribution in [0.1, 0.15) is 57.0 Å². The first kappa shape index (κ1) is 14.1. The Hall–Kier alpha value is -1.34. The highest BCUT2D eigenvalue weighted by molar-refractivity contribution is 5.16. The lowest BCUT2D eigenvalue weighted by Gasteiger charge is -2.30. The van der Waals surface area contributed by atoms with Crippen LogP contribution in [0.3, 0.4) is 0 Å². The lowest BCUT2D eigenvalue weighted by atomic mass is 9.93. The lowest BCUT2D eigenvalue weighted by molar-refractivity contribution is 0.229. The van der Waals surface area contributed by atoms with Gasteiger partial charge >= 0.3 is 0 Å². The van der Waals surface area contributed by atoms with Crippen molar-refractivity contribution in [3.8, 4) is 6.07 Å². The van der Waals surface area contributed by atoms with Gasteiger partial charge in [0.15, 0.2) is 0 Å².